The Balaban J connectivity index is 2.47. The van der Waals surface area contributed by atoms with Crippen LogP contribution in [-0.2, 0) is 4.74 Å². The topological polar surface area (TPSA) is 12.5 Å². The summed E-state index contributed by atoms with van der Waals surface area (Å²) in [7, 11) is 0. The van der Waals surface area contributed by atoms with E-state index < -0.39 is 0 Å². The van der Waals surface area contributed by atoms with E-state index in [0.29, 0.717) is 18.2 Å². The fraction of sp³-hybridized carbons (Fsp3) is 1.00. The molecule has 1 fully saturated rings. The minimum absolute atomic E-state index is 0.373. The number of hydrogen-bond acceptors (Lipinski definition) is 2. The lowest BCUT2D eigenvalue weighted by atomic mass is 9.96. The zero-order valence-electron chi connectivity index (χ0n) is 11.0. The van der Waals surface area contributed by atoms with E-state index in [0.717, 1.165) is 6.04 Å². The van der Waals surface area contributed by atoms with Crippen LogP contribution in [0.5, 0.6) is 0 Å². The third kappa shape index (κ3) is 3.76. The van der Waals surface area contributed by atoms with Crippen molar-refractivity contribution >= 4 is 0 Å². The maximum Gasteiger partial charge on any atom is 0.0605 e. The van der Waals surface area contributed by atoms with Crippen LogP contribution in [0.15, 0.2) is 0 Å². The van der Waals surface area contributed by atoms with Gasteiger partial charge in [-0.3, -0.25) is 4.90 Å². The summed E-state index contributed by atoms with van der Waals surface area (Å²) in [6.07, 6.45) is 4.53. The lowest BCUT2D eigenvalue weighted by Crippen LogP contribution is -2.48. The van der Waals surface area contributed by atoms with Gasteiger partial charge in [-0.1, -0.05) is 6.92 Å². The SMILES string of the molecule is CCC1CC(OC(C)C)CCN1C(C)C. The Morgan fingerprint density at radius 1 is 1.27 bits per heavy atom. The van der Waals surface area contributed by atoms with Gasteiger partial charge < -0.3 is 4.74 Å². The first kappa shape index (κ1) is 13.0. The molecule has 1 rings (SSSR count). The monoisotopic (exact) mass is 213 g/mol. The van der Waals surface area contributed by atoms with Crippen molar-refractivity contribution in [2.45, 2.75) is 78.2 Å². The molecule has 0 aromatic carbocycles. The summed E-state index contributed by atoms with van der Waals surface area (Å²) in [5.41, 5.74) is 0. The normalized spacial score (nSPS) is 29.0. The molecule has 0 N–H and O–H groups in total. The van der Waals surface area contributed by atoms with E-state index >= 15 is 0 Å². The highest BCUT2D eigenvalue weighted by atomic mass is 16.5. The molecule has 90 valence electrons. The number of ether oxygens (including phenoxy) is 1. The van der Waals surface area contributed by atoms with E-state index in [-0.39, 0.29) is 0 Å². The highest BCUT2D eigenvalue weighted by Gasteiger charge is 2.29. The first-order chi connectivity index (χ1) is 7.04. The molecule has 1 saturated heterocycles. The van der Waals surface area contributed by atoms with Gasteiger partial charge in [-0.05, 0) is 47.0 Å². The van der Waals surface area contributed by atoms with Crippen molar-refractivity contribution in [2.24, 2.45) is 0 Å². The number of piperidine rings is 1. The smallest absolute Gasteiger partial charge is 0.0605 e. The zero-order chi connectivity index (χ0) is 11.4. The molecule has 0 amide bonds. The standard InChI is InChI=1S/C13H27NO/c1-6-12-9-13(15-11(4)5)7-8-14(12)10(2)3/h10-13H,6-9H2,1-5H3. The van der Waals surface area contributed by atoms with Gasteiger partial charge in [0, 0.05) is 18.6 Å². The maximum absolute atomic E-state index is 5.92. The Morgan fingerprint density at radius 3 is 2.40 bits per heavy atom. The molecule has 1 aliphatic heterocycles. The van der Waals surface area contributed by atoms with Crippen molar-refractivity contribution in [1.29, 1.82) is 0 Å². The van der Waals surface area contributed by atoms with Crippen LogP contribution in [0.4, 0.5) is 0 Å². The molecule has 15 heavy (non-hydrogen) atoms. The largest absolute Gasteiger partial charge is 0.375 e. The highest BCUT2D eigenvalue weighted by Crippen LogP contribution is 2.24. The molecule has 2 nitrogen and oxygen atoms in total. The molecule has 0 spiro atoms. The van der Waals surface area contributed by atoms with Crippen molar-refractivity contribution in [3.05, 3.63) is 0 Å². The Morgan fingerprint density at radius 2 is 1.93 bits per heavy atom. The summed E-state index contributed by atoms with van der Waals surface area (Å²) in [4.78, 5) is 2.63. The van der Waals surface area contributed by atoms with E-state index in [2.05, 4.69) is 39.5 Å². The molecule has 0 saturated carbocycles. The Kier molecular flexibility index (Phi) is 5.07. The molecular formula is C13H27NO. The predicted molar refractivity (Wildman–Crippen MR) is 65.2 cm³/mol. The van der Waals surface area contributed by atoms with Gasteiger partial charge in [0.1, 0.15) is 0 Å². The molecule has 0 radical (unpaired) electrons. The van der Waals surface area contributed by atoms with Gasteiger partial charge in [-0.2, -0.15) is 0 Å². The van der Waals surface area contributed by atoms with Crippen molar-refractivity contribution in [2.75, 3.05) is 6.54 Å². The molecule has 1 aliphatic rings. The lowest BCUT2D eigenvalue weighted by molar-refractivity contribution is -0.0511. The lowest BCUT2D eigenvalue weighted by Gasteiger charge is -2.41. The third-order valence-electron chi connectivity index (χ3n) is 3.31. The van der Waals surface area contributed by atoms with Crippen LogP contribution < -0.4 is 0 Å². The molecule has 2 unspecified atom stereocenters. The molecule has 2 heteroatoms. The first-order valence-corrected chi connectivity index (χ1v) is 6.45. The summed E-state index contributed by atoms with van der Waals surface area (Å²) < 4.78 is 5.92. The van der Waals surface area contributed by atoms with E-state index in [4.69, 9.17) is 4.74 Å². The van der Waals surface area contributed by atoms with Crippen LogP contribution in [0.3, 0.4) is 0 Å². The number of nitrogens with zero attached hydrogens (tertiary/aromatic N) is 1. The van der Waals surface area contributed by atoms with Crippen molar-refractivity contribution in [3.8, 4) is 0 Å². The molecule has 2 atom stereocenters. The minimum atomic E-state index is 0.373. The predicted octanol–water partition coefficient (Wildman–Crippen LogP) is 3.06. The van der Waals surface area contributed by atoms with Crippen molar-refractivity contribution in [3.63, 3.8) is 0 Å². The van der Waals surface area contributed by atoms with Crippen LogP contribution in [0.1, 0.15) is 53.9 Å². The summed E-state index contributed by atoms with van der Waals surface area (Å²) in [6.45, 7) is 12.4. The molecule has 1 heterocycles. The third-order valence-corrected chi connectivity index (χ3v) is 3.31. The van der Waals surface area contributed by atoms with Crippen LogP contribution in [0.2, 0.25) is 0 Å². The Hall–Kier alpha value is -0.0800. The van der Waals surface area contributed by atoms with E-state index in [1.165, 1.54) is 25.8 Å². The van der Waals surface area contributed by atoms with Gasteiger partial charge >= 0.3 is 0 Å². The Bertz CT molecular complexity index is 179. The van der Waals surface area contributed by atoms with E-state index in [1.807, 2.05) is 0 Å². The molecule has 0 aromatic rings. The highest BCUT2D eigenvalue weighted by molar-refractivity contribution is 4.83. The second kappa shape index (κ2) is 5.86. The van der Waals surface area contributed by atoms with Crippen molar-refractivity contribution in [1.82, 2.24) is 4.90 Å². The molecular weight excluding hydrogens is 186 g/mol. The van der Waals surface area contributed by atoms with E-state index in [9.17, 15) is 0 Å². The quantitative estimate of drug-likeness (QED) is 0.711. The van der Waals surface area contributed by atoms with Gasteiger partial charge in [0.2, 0.25) is 0 Å². The Labute approximate surface area is 95.0 Å². The minimum Gasteiger partial charge on any atom is -0.375 e. The fourth-order valence-electron chi connectivity index (χ4n) is 2.62. The first-order valence-electron chi connectivity index (χ1n) is 6.45. The number of rotatable bonds is 4. The maximum atomic E-state index is 5.92. The second-order valence-corrected chi connectivity index (χ2v) is 5.22. The average Bonchev–Trinajstić information content (AvgIpc) is 2.16. The van der Waals surface area contributed by atoms with Gasteiger partial charge in [-0.25, -0.2) is 0 Å². The summed E-state index contributed by atoms with van der Waals surface area (Å²) in [5.74, 6) is 0. The molecule has 0 aromatic heterocycles. The number of likely N-dealkylation sites (tertiary alicyclic amines) is 1. The van der Waals surface area contributed by atoms with Crippen LogP contribution in [-0.4, -0.2) is 35.7 Å². The zero-order valence-corrected chi connectivity index (χ0v) is 11.0. The summed E-state index contributed by atoms with van der Waals surface area (Å²) in [5, 5.41) is 0. The summed E-state index contributed by atoms with van der Waals surface area (Å²) in [6, 6.07) is 1.40. The van der Waals surface area contributed by atoms with Gasteiger partial charge in [0.15, 0.2) is 0 Å². The molecule has 0 bridgehead atoms. The molecule has 0 aliphatic carbocycles. The van der Waals surface area contributed by atoms with Crippen LogP contribution in [0, 0.1) is 0 Å². The van der Waals surface area contributed by atoms with E-state index in [1.54, 1.807) is 0 Å². The van der Waals surface area contributed by atoms with Gasteiger partial charge in [0.25, 0.3) is 0 Å². The fourth-order valence-corrected chi connectivity index (χ4v) is 2.62. The summed E-state index contributed by atoms with van der Waals surface area (Å²) >= 11 is 0. The average molecular weight is 213 g/mol. The van der Waals surface area contributed by atoms with Crippen LogP contribution >= 0.6 is 0 Å². The van der Waals surface area contributed by atoms with Crippen molar-refractivity contribution < 1.29 is 4.74 Å². The van der Waals surface area contributed by atoms with Gasteiger partial charge in [-0.15, -0.1) is 0 Å². The second-order valence-electron chi connectivity index (χ2n) is 5.22. The number of hydrogen-bond donors (Lipinski definition) is 0. The van der Waals surface area contributed by atoms with Gasteiger partial charge in [0.05, 0.1) is 12.2 Å². The van der Waals surface area contributed by atoms with Crippen LogP contribution in [0.25, 0.3) is 0 Å².